The number of quaternary nitrogens is 1. The quantitative estimate of drug-likeness (QED) is 0.853. The average molecular weight is 361 g/mol. The first kappa shape index (κ1) is 17.6. The van der Waals surface area contributed by atoms with Gasteiger partial charge < -0.3 is 19.9 Å². The van der Waals surface area contributed by atoms with Crippen molar-refractivity contribution in [3.63, 3.8) is 0 Å². The summed E-state index contributed by atoms with van der Waals surface area (Å²) in [6.45, 7) is 4.18. The molecule has 1 amide bonds. The Bertz CT molecular complexity index is 730. The summed E-state index contributed by atoms with van der Waals surface area (Å²) in [5.74, 6) is 0.889. The second-order valence-corrected chi connectivity index (χ2v) is 6.61. The van der Waals surface area contributed by atoms with E-state index in [0.29, 0.717) is 11.6 Å². The zero-order valence-electron chi connectivity index (χ0n) is 14.3. The molecule has 132 valence electrons. The molecule has 0 aromatic heterocycles. The van der Waals surface area contributed by atoms with Gasteiger partial charge in [-0.1, -0.05) is 23.7 Å². The summed E-state index contributed by atoms with van der Waals surface area (Å²) in [6, 6.07) is 15.3. The maximum absolute atomic E-state index is 12.2. The molecule has 1 heterocycles. The number of amides is 1. The van der Waals surface area contributed by atoms with Crippen LogP contribution in [-0.2, 0) is 4.79 Å². The molecule has 0 spiro atoms. The Morgan fingerprint density at radius 1 is 1.20 bits per heavy atom. The SMILES string of the molecule is COc1cccc(N2CC[NH+](CC(=O)Nc3cccc(Cl)c3)CC2)c1. The monoisotopic (exact) mass is 360 g/mol. The highest BCUT2D eigenvalue weighted by molar-refractivity contribution is 6.30. The minimum Gasteiger partial charge on any atom is -0.497 e. The Balaban J connectivity index is 1.49. The van der Waals surface area contributed by atoms with E-state index >= 15 is 0 Å². The molecule has 1 aliphatic rings. The highest BCUT2D eigenvalue weighted by Gasteiger charge is 2.22. The van der Waals surface area contributed by atoms with Crippen LogP contribution in [0.5, 0.6) is 5.75 Å². The molecule has 5 nitrogen and oxygen atoms in total. The first-order valence-electron chi connectivity index (χ1n) is 8.42. The molecule has 2 aromatic carbocycles. The predicted molar refractivity (Wildman–Crippen MR) is 101 cm³/mol. The van der Waals surface area contributed by atoms with E-state index in [1.54, 1.807) is 19.2 Å². The highest BCUT2D eigenvalue weighted by atomic mass is 35.5. The van der Waals surface area contributed by atoms with E-state index in [4.69, 9.17) is 16.3 Å². The number of carbonyl (C=O) groups is 1. The number of piperazine rings is 1. The molecule has 0 bridgehead atoms. The normalized spacial score (nSPS) is 15.0. The molecule has 1 fully saturated rings. The van der Waals surface area contributed by atoms with Crippen molar-refractivity contribution in [3.8, 4) is 5.75 Å². The maximum Gasteiger partial charge on any atom is 0.279 e. The minimum absolute atomic E-state index is 0.0205. The number of anilines is 2. The summed E-state index contributed by atoms with van der Waals surface area (Å²) in [6.07, 6.45) is 0. The van der Waals surface area contributed by atoms with Gasteiger partial charge in [0.05, 0.1) is 33.3 Å². The number of halogens is 1. The standard InChI is InChI=1S/C19H22ClN3O2/c1-25-18-7-3-6-17(13-18)23-10-8-22(9-11-23)14-19(24)21-16-5-2-4-15(20)12-16/h2-7,12-13H,8-11,14H2,1H3,(H,21,24)/p+1. The van der Waals surface area contributed by atoms with Crippen LogP contribution < -0.4 is 19.9 Å². The fourth-order valence-corrected chi connectivity index (χ4v) is 3.25. The molecular formula is C19H23ClN3O2+. The van der Waals surface area contributed by atoms with Gasteiger partial charge in [-0.2, -0.15) is 0 Å². The van der Waals surface area contributed by atoms with Crippen LogP contribution in [0.1, 0.15) is 0 Å². The van der Waals surface area contributed by atoms with Crippen molar-refractivity contribution in [2.75, 3.05) is 50.1 Å². The lowest BCUT2D eigenvalue weighted by Crippen LogP contribution is -3.15. The van der Waals surface area contributed by atoms with Crippen molar-refractivity contribution in [1.82, 2.24) is 0 Å². The van der Waals surface area contributed by atoms with E-state index in [9.17, 15) is 4.79 Å². The van der Waals surface area contributed by atoms with Crippen molar-refractivity contribution in [2.45, 2.75) is 0 Å². The molecule has 0 atom stereocenters. The summed E-state index contributed by atoms with van der Waals surface area (Å²) >= 11 is 5.95. The third-order valence-electron chi connectivity index (χ3n) is 4.41. The zero-order chi connectivity index (χ0) is 17.6. The van der Waals surface area contributed by atoms with Crippen LogP contribution in [0.2, 0.25) is 5.02 Å². The van der Waals surface area contributed by atoms with Crippen LogP contribution in [0.15, 0.2) is 48.5 Å². The van der Waals surface area contributed by atoms with Crippen LogP contribution in [-0.4, -0.2) is 45.7 Å². The number of ether oxygens (including phenoxy) is 1. The lowest BCUT2D eigenvalue weighted by molar-refractivity contribution is -0.892. The number of methoxy groups -OCH3 is 1. The van der Waals surface area contributed by atoms with Gasteiger partial charge in [0.15, 0.2) is 6.54 Å². The van der Waals surface area contributed by atoms with Gasteiger partial charge in [0.2, 0.25) is 0 Å². The van der Waals surface area contributed by atoms with Gasteiger partial charge in [-0.15, -0.1) is 0 Å². The van der Waals surface area contributed by atoms with E-state index < -0.39 is 0 Å². The molecule has 0 saturated carbocycles. The second-order valence-electron chi connectivity index (χ2n) is 6.17. The van der Waals surface area contributed by atoms with Gasteiger partial charge in [0, 0.05) is 22.5 Å². The molecule has 25 heavy (non-hydrogen) atoms. The highest BCUT2D eigenvalue weighted by Crippen LogP contribution is 2.20. The number of rotatable bonds is 5. The maximum atomic E-state index is 12.2. The van der Waals surface area contributed by atoms with E-state index in [-0.39, 0.29) is 5.91 Å². The fraction of sp³-hybridized carbons (Fsp3) is 0.316. The molecule has 0 unspecified atom stereocenters. The Labute approximate surface area is 153 Å². The van der Waals surface area contributed by atoms with Crippen molar-refractivity contribution in [1.29, 1.82) is 0 Å². The van der Waals surface area contributed by atoms with Gasteiger partial charge in [0.25, 0.3) is 5.91 Å². The first-order chi connectivity index (χ1) is 12.1. The minimum atomic E-state index is 0.0205. The van der Waals surface area contributed by atoms with Crippen molar-refractivity contribution in [3.05, 3.63) is 53.6 Å². The van der Waals surface area contributed by atoms with Crippen LogP contribution in [0.3, 0.4) is 0 Å². The Morgan fingerprint density at radius 3 is 2.68 bits per heavy atom. The van der Waals surface area contributed by atoms with E-state index in [2.05, 4.69) is 22.3 Å². The van der Waals surface area contributed by atoms with Gasteiger partial charge >= 0.3 is 0 Å². The number of benzene rings is 2. The van der Waals surface area contributed by atoms with Crippen molar-refractivity contribution in [2.24, 2.45) is 0 Å². The molecule has 1 aliphatic heterocycles. The molecule has 2 N–H and O–H groups in total. The second kappa shape index (κ2) is 8.23. The molecule has 1 saturated heterocycles. The van der Waals surface area contributed by atoms with Crippen LogP contribution >= 0.6 is 11.6 Å². The number of nitrogens with one attached hydrogen (secondary N) is 2. The Morgan fingerprint density at radius 2 is 1.96 bits per heavy atom. The molecular weight excluding hydrogens is 338 g/mol. The topological polar surface area (TPSA) is 46.0 Å². The van der Waals surface area contributed by atoms with E-state index in [1.165, 1.54) is 10.6 Å². The summed E-state index contributed by atoms with van der Waals surface area (Å²) in [5, 5.41) is 3.54. The zero-order valence-corrected chi connectivity index (χ0v) is 15.1. The number of hydrogen-bond donors (Lipinski definition) is 2. The van der Waals surface area contributed by atoms with Crippen molar-refractivity contribution < 1.29 is 14.4 Å². The third kappa shape index (κ3) is 4.87. The van der Waals surface area contributed by atoms with Crippen LogP contribution in [0, 0.1) is 0 Å². The lowest BCUT2D eigenvalue weighted by Gasteiger charge is -2.33. The van der Waals surface area contributed by atoms with Gasteiger partial charge in [0.1, 0.15) is 5.75 Å². The van der Waals surface area contributed by atoms with Crippen LogP contribution in [0.25, 0.3) is 0 Å². The lowest BCUT2D eigenvalue weighted by atomic mass is 10.2. The summed E-state index contributed by atoms with van der Waals surface area (Å²) in [5.41, 5.74) is 1.91. The summed E-state index contributed by atoms with van der Waals surface area (Å²) in [7, 11) is 1.68. The molecule has 3 rings (SSSR count). The third-order valence-corrected chi connectivity index (χ3v) is 4.64. The number of hydrogen-bond acceptors (Lipinski definition) is 3. The Hall–Kier alpha value is -2.24. The average Bonchev–Trinajstić information content (AvgIpc) is 2.62. The molecule has 6 heteroatoms. The van der Waals surface area contributed by atoms with E-state index in [0.717, 1.165) is 37.6 Å². The number of carbonyl (C=O) groups excluding carboxylic acids is 1. The smallest absolute Gasteiger partial charge is 0.279 e. The van der Waals surface area contributed by atoms with Gasteiger partial charge in [-0.3, -0.25) is 4.79 Å². The van der Waals surface area contributed by atoms with Gasteiger partial charge in [-0.25, -0.2) is 0 Å². The Kier molecular flexibility index (Phi) is 5.79. The van der Waals surface area contributed by atoms with Gasteiger partial charge in [-0.05, 0) is 30.3 Å². The molecule has 0 radical (unpaired) electrons. The largest absolute Gasteiger partial charge is 0.497 e. The summed E-state index contributed by atoms with van der Waals surface area (Å²) < 4.78 is 5.29. The van der Waals surface area contributed by atoms with Crippen LogP contribution in [0.4, 0.5) is 11.4 Å². The number of nitrogens with zero attached hydrogens (tertiary/aromatic N) is 1. The summed E-state index contributed by atoms with van der Waals surface area (Å²) in [4.78, 5) is 15.8. The fourth-order valence-electron chi connectivity index (χ4n) is 3.06. The van der Waals surface area contributed by atoms with Crippen molar-refractivity contribution >= 4 is 28.9 Å². The molecule has 2 aromatic rings. The predicted octanol–water partition coefficient (Wildman–Crippen LogP) is 1.69. The van der Waals surface area contributed by atoms with E-state index in [1.807, 2.05) is 24.3 Å². The molecule has 0 aliphatic carbocycles. The first-order valence-corrected chi connectivity index (χ1v) is 8.80.